The molecule has 0 aliphatic carbocycles. The normalized spacial score (nSPS) is 11.6. The third kappa shape index (κ3) is 3.92. The number of benzene rings is 1. The van der Waals surface area contributed by atoms with Gasteiger partial charge >= 0.3 is 0 Å². The highest BCUT2D eigenvalue weighted by Gasteiger charge is 2.14. The lowest BCUT2D eigenvalue weighted by Crippen LogP contribution is -2.12. The fraction of sp³-hybridized carbons (Fsp3) is 0.455. The Morgan fingerprint density at radius 3 is 2.62 bits per heavy atom. The summed E-state index contributed by atoms with van der Waals surface area (Å²) in [5, 5.41) is 9.15. The van der Waals surface area contributed by atoms with Crippen LogP contribution < -0.4 is 0 Å². The number of phenols is 1. The summed E-state index contributed by atoms with van der Waals surface area (Å²) in [6.07, 6.45) is 1.15. The summed E-state index contributed by atoms with van der Waals surface area (Å²) in [7, 11) is 0. The van der Waals surface area contributed by atoms with Crippen molar-refractivity contribution in [2.75, 3.05) is 0 Å². The molecule has 2 heteroatoms. The topological polar surface area (TPSA) is 20.2 Å². The fourth-order valence-corrected chi connectivity index (χ4v) is 1.15. The fourth-order valence-electron chi connectivity index (χ4n) is 1.15. The molecule has 0 bridgehead atoms. The maximum atomic E-state index is 13.1. The zero-order valence-corrected chi connectivity index (χ0v) is 8.05. The zero-order chi connectivity index (χ0) is 9.90. The van der Waals surface area contributed by atoms with Gasteiger partial charge in [-0.1, -0.05) is 12.1 Å². The zero-order valence-electron chi connectivity index (χ0n) is 8.05. The molecule has 0 atom stereocenters. The highest BCUT2D eigenvalue weighted by molar-refractivity contribution is 5.27. The second kappa shape index (κ2) is 3.77. The summed E-state index contributed by atoms with van der Waals surface area (Å²) in [4.78, 5) is 0. The molecule has 1 aromatic rings. The van der Waals surface area contributed by atoms with Gasteiger partial charge < -0.3 is 5.11 Å². The molecule has 0 saturated heterocycles. The molecule has 0 amide bonds. The van der Waals surface area contributed by atoms with Crippen LogP contribution in [0.25, 0.3) is 0 Å². The molecule has 13 heavy (non-hydrogen) atoms. The molecule has 1 aromatic carbocycles. The molecule has 0 radical (unpaired) electrons. The first-order chi connectivity index (χ1) is 5.97. The van der Waals surface area contributed by atoms with E-state index in [4.69, 9.17) is 5.11 Å². The van der Waals surface area contributed by atoms with Crippen LogP contribution in [-0.2, 0) is 6.42 Å². The van der Waals surface area contributed by atoms with Crippen molar-refractivity contribution in [3.8, 4) is 5.75 Å². The smallest absolute Gasteiger partial charge is 0.115 e. The minimum Gasteiger partial charge on any atom is -0.508 e. The highest BCUT2D eigenvalue weighted by Crippen LogP contribution is 2.19. The number of hydrogen-bond donors (Lipinski definition) is 1. The standard InChI is InChI=1S/C11H15FO/c1-11(2,12)7-6-9-4-3-5-10(13)8-9/h3-5,8,13H,6-7H2,1-2H3. The van der Waals surface area contributed by atoms with E-state index in [1.807, 2.05) is 6.07 Å². The van der Waals surface area contributed by atoms with Gasteiger partial charge in [0, 0.05) is 0 Å². The minimum absolute atomic E-state index is 0.245. The van der Waals surface area contributed by atoms with Gasteiger partial charge in [0.1, 0.15) is 11.4 Å². The lowest BCUT2D eigenvalue weighted by atomic mass is 10.0. The van der Waals surface area contributed by atoms with E-state index in [2.05, 4.69) is 0 Å². The average Bonchev–Trinajstić information content (AvgIpc) is 2.00. The molecule has 72 valence electrons. The van der Waals surface area contributed by atoms with Crippen LogP contribution in [0.1, 0.15) is 25.8 Å². The van der Waals surface area contributed by atoms with Gasteiger partial charge in [-0.05, 0) is 44.4 Å². The molecule has 0 aliphatic rings. The van der Waals surface area contributed by atoms with Gasteiger partial charge in [-0.3, -0.25) is 0 Å². The van der Waals surface area contributed by atoms with Crippen molar-refractivity contribution in [1.82, 2.24) is 0 Å². The average molecular weight is 182 g/mol. The van der Waals surface area contributed by atoms with Crippen LogP contribution in [0, 0.1) is 0 Å². The van der Waals surface area contributed by atoms with E-state index in [1.54, 1.807) is 32.0 Å². The number of halogens is 1. The van der Waals surface area contributed by atoms with Crippen molar-refractivity contribution in [1.29, 1.82) is 0 Å². The van der Waals surface area contributed by atoms with Crippen LogP contribution in [0.5, 0.6) is 5.75 Å². The molecule has 0 heterocycles. The van der Waals surface area contributed by atoms with E-state index in [9.17, 15) is 4.39 Å². The van der Waals surface area contributed by atoms with Crippen LogP contribution >= 0.6 is 0 Å². The maximum absolute atomic E-state index is 13.1. The SMILES string of the molecule is CC(C)(F)CCc1cccc(O)c1. The Labute approximate surface area is 78.2 Å². The second-order valence-corrected chi connectivity index (χ2v) is 3.89. The third-order valence-corrected chi connectivity index (χ3v) is 1.92. The number of aromatic hydroxyl groups is 1. The predicted molar refractivity (Wildman–Crippen MR) is 51.6 cm³/mol. The first-order valence-electron chi connectivity index (χ1n) is 4.44. The monoisotopic (exact) mass is 182 g/mol. The Morgan fingerprint density at radius 1 is 1.38 bits per heavy atom. The highest BCUT2D eigenvalue weighted by atomic mass is 19.1. The Balaban J connectivity index is 2.55. The van der Waals surface area contributed by atoms with Crippen molar-refractivity contribution >= 4 is 0 Å². The van der Waals surface area contributed by atoms with E-state index >= 15 is 0 Å². The number of aryl methyl sites for hydroxylation is 1. The molecule has 0 aliphatic heterocycles. The summed E-state index contributed by atoms with van der Waals surface area (Å²) in [5.74, 6) is 0.245. The molecule has 0 spiro atoms. The molecular formula is C11H15FO. The Bertz CT molecular complexity index is 276. The summed E-state index contributed by atoms with van der Waals surface area (Å²) < 4.78 is 13.1. The van der Waals surface area contributed by atoms with Gasteiger partial charge in [0.25, 0.3) is 0 Å². The first kappa shape index (κ1) is 10.0. The molecule has 0 unspecified atom stereocenters. The van der Waals surface area contributed by atoms with Crippen molar-refractivity contribution in [2.24, 2.45) is 0 Å². The minimum atomic E-state index is -1.13. The van der Waals surface area contributed by atoms with Gasteiger partial charge in [-0.2, -0.15) is 0 Å². The van der Waals surface area contributed by atoms with Gasteiger partial charge in [0.05, 0.1) is 0 Å². The Morgan fingerprint density at radius 2 is 2.08 bits per heavy atom. The van der Waals surface area contributed by atoms with Crippen LogP contribution in [0.2, 0.25) is 0 Å². The van der Waals surface area contributed by atoms with Crippen molar-refractivity contribution in [3.05, 3.63) is 29.8 Å². The molecule has 1 N–H and O–H groups in total. The lowest BCUT2D eigenvalue weighted by Gasteiger charge is -2.13. The van der Waals surface area contributed by atoms with Crippen molar-refractivity contribution in [3.63, 3.8) is 0 Å². The molecular weight excluding hydrogens is 167 g/mol. The van der Waals surface area contributed by atoms with Gasteiger partial charge in [0.15, 0.2) is 0 Å². The van der Waals surface area contributed by atoms with E-state index in [-0.39, 0.29) is 5.75 Å². The van der Waals surface area contributed by atoms with Gasteiger partial charge in [-0.15, -0.1) is 0 Å². The largest absolute Gasteiger partial charge is 0.508 e. The van der Waals surface area contributed by atoms with Gasteiger partial charge in [0.2, 0.25) is 0 Å². The first-order valence-corrected chi connectivity index (χ1v) is 4.44. The number of hydrogen-bond acceptors (Lipinski definition) is 1. The molecule has 0 fully saturated rings. The molecule has 1 rings (SSSR count). The summed E-state index contributed by atoms with van der Waals surface area (Å²) in [5.41, 5.74) is -0.156. The van der Waals surface area contributed by atoms with Crippen LogP contribution in [0.15, 0.2) is 24.3 Å². The van der Waals surface area contributed by atoms with Gasteiger partial charge in [-0.25, -0.2) is 4.39 Å². The Kier molecular flexibility index (Phi) is 2.91. The molecule has 0 saturated carbocycles. The van der Waals surface area contributed by atoms with Crippen LogP contribution in [0.3, 0.4) is 0 Å². The van der Waals surface area contributed by atoms with Crippen LogP contribution in [0.4, 0.5) is 4.39 Å². The maximum Gasteiger partial charge on any atom is 0.115 e. The lowest BCUT2D eigenvalue weighted by molar-refractivity contribution is 0.202. The molecule has 1 nitrogen and oxygen atoms in total. The number of phenolic OH excluding ortho intramolecular Hbond substituents is 1. The number of alkyl halides is 1. The van der Waals surface area contributed by atoms with Crippen LogP contribution in [-0.4, -0.2) is 10.8 Å². The van der Waals surface area contributed by atoms with E-state index in [0.29, 0.717) is 12.8 Å². The van der Waals surface area contributed by atoms with Crippen molar-refractivity contribution in [2.45, 2.75) is 32.4 Å². The Hall–Kier alpha value is -1.05. The van der Waals surface area contributed by atoms with E-state index in [0.717, 1.165) is 5.56 Å². The summed E-state index contributed by atoms with van der Waals surface area (Å²) in [6.45, 7) is 3.13. The summed E-state index contributed by atoms with van der Waals surface area (Å²) in [6, 6.07) is 6.96. The quantitative estimate of drug-likeness (QED) is 0.761. The summed E-state index contributed by atoms with van der Waals surface area (Å²) >= 11 is 0. The van der Waals surface area contributed by atoms with E-state index < -0.39 is 5.67 Å². The predicted octanol–water partition coefficient (Wildman–Crippen LogP) is 3.07. The number of rotatable bonds is 3. The van der Waals surface area contributed by atoms with Crippen molar-refractivity contribution < 1.29 is 9.50 Å². The molecule has 0 aromatic heterocycles. The van der Waals surface area contributed by atoms with E-state index in [1.165, 1.54) is 0 Å². The second-order valence-electron chi connectivity index (χ2n) is 3.89. The third-order valence-electron chi connectivity index (χ3n) is 1.92.